The van der Waals surface area contributed by atoms with E-state index in [1.807, 2.05) is 36.2 Å². The second-order valence-corrected chi connectivity index (χ2v) is 7.88. The summed E-state index contributed by atoms with van der Waals surface area (Å²) in [5.41, 5.74) is 2.47. The zero-order valence-corrected chi connectivity index (χ0v) is 17.7. The van der Waals surface area contributed by atoms with Crippen LogP contribution in [-0.4, -0.2) is 61.8 Å². The number of halogens is 1. The molecule has 0 saturated carbocycles. The molecule has 5 rings (SSSR count). The molecule has 4 aromatic rings. The van der Waals surface area contributed by atoms with Gasteiger partial charge in [-0.1, -0.05) is 11.6 Å². The predicted octanol–water partition coefficient (Wildman–Crippen LogP) is 3.12. The van der Waals surface area contributed by atoms with Crippen molar-refractivity contribution >= 4 is 40.6 Å². The molecule has 0 atom stereocenters. The monoisotopic (exact) mass is 436 g/mol. The highest BCUT2D eigenvalue weighted by Gasteiger charge is 2.24. The largest absolute Gasteiger partial charge is 0.336 e. The summed E-state index contributed by atoms with van der Waals surface area (Å²) in [5.74, 6) is 2.00. The number of piperazine rings is 1. The van der Waals surface area contributed by atoms with Gasteiger partial charge >= 0.3 is 0 Å². The number of anilines is 3. The van der Waals surface area contributed by atoms with Crippen molar-refractivity contribution in [3.8, 4) is 0 Å². The highest BCUT2D eigenvalue weighted by molar-refractivity contribution is 6.30. The summed E-state index contributed by atoms with van der Waals surface area (Å²) in [7, 11) is 0. The highest BCUT2D eigenvalue weighted by Crippen LogP contribution is 2.23. The molecule has 1 amide bonds. The lowest BCUT2D eigenvalue weighted by Crippen LogP contribution is -2.49. The number of aromatic nitrogens is 5. The molecule has 2 N–H and O–H groups in total. The first-order chi connectivity index (χ1) is 15.1. The fraction of sp³-hybridized carbons (Fsp3) is 0.238. The Hall–Kier alpha value is -3.59. The molecule has 0 aliphatic carbocycles. The molecule has 0 bridgehead atoms. The Morgan fingerprint density at radius 3 is 2.61 bits per heavy atom. The van der Waals surface area contributed by atoms with E-state index in [-0.39, 0.29) is 5.91 Å². The summed E-state index contributed by atoms with van der Waals surface area (Å²) in [6.45, 7) is 4.42. The molecule has 0 spiro atoms. The fourth-order valence-electron chi connectivity index (χ4n) is 3.64. The maximum atomic E-state index is 12.8. The van der Waals surface area contributed by atoms with E-state index in [1.54, 1.807) is 28.8 Å². The van der Waals surface area contributed by atoms with E-state index in [1.165, 1.54) is 0 Å². The topological polar surface area (TPSA) is 94.5 Å². The number of carbonyl (C=O) groups excluding carboxylic acids is 1. The first-order valence-electron chi connectivity index (χ1n) is 10.0. The number of hydrogen-bond donors (Lipinski definition) is 2. The number of nitrogens with zero attached hydrogens (tertiary/aromatic N) is 6. The van der Waals surface area contributed by atoms with Crippen molar-refractivity contribution in [3.05, 3.63) is 64.9 Å². The van der Waals surface area contributed by atoms with E-state index in [0.717, 1.165) is 11.2 Å². The Balaban J connectivity index is 1.33. The molecular weight excluding hydrogens is 416 g/mol. The van der Waals surface area contributed by atoms with Crippen molar-refractivity contribution in [1.82, 2.24) is 29.7 Å². The van der Waals surface area contributed by atoms with Crippen LogP contribution >= 0.6 is 11.6 Å². The molecule has 0 radical (unpaired) electrons. The van der Waals surface area contributed by atoms with Gasteiger partial charge in [-0.15, -0.1) is 5.10 Å². The minimum absolute atomic E-state index is 0.00866. The molecule has 10 heteroatoms. The Morgan fingerprint density at radius 1 is 1.13 bits per heavy atom. The SMILES string of the molecule is Cc1cc(Nc2nc(N3CCN(C(=O)c4ccc(Cl)cc4)CC3)nn3cccc23)n[nH]1. The van der Waals surface area contributed by atoms with Crippen molar-refractivity contribution in [2.75, 3.05) is 36.4 Å². The molecule has 1 aliphatic heterocycles. The van der Waals surface area contributed by atoms with E-state index in [0.29, 0.717) is 54.3 Å². The molecule has 0 unspecified atom stereocenters. The summed E-state index contributed by atoms with van der Waals surface area (Å²) < 4.78 is 1.80. The van der Waals surface area contributed by atoms with E-state index < -0.39 is 0 Å². The van der Waals surface area contributed by atoms with Crippen molar-refractivity contribution in [1.29, 1.82) is 0 Å². The number of H-pyrrole nitrogens is 1. The molecule has 3 aromatic heterocycles. The van der Waals surface area contributed by atoms with Gasteiger partial charge in [0.05, 0.1) is 0 Å². The summed E-state index contributed by atoms with van der Waals surface area (Å²) in [4.78, 5) is 21.4. The smallest absolute Gasteiger partial charge is 0.253 e. The first kappa shape index (κ1) is 19.4. The second kappa shape index (κ2) is 7.92. The predicted molar refractivity (Wildman–Crippen MR) is 119 cm³/mol. The maximum Gasteiger partial charge on any atom is 0.253 e. The Kier molecular flexibility index (Phi) is 4.95. The van der Waals surface area contributed by atoms with Gasteiger partial charge in [0.15, 0.2) is 11.6 Å². The van der Waals surface area contributed by atoms with Gasteiger partial charge in [0.1, 0.15) is 5.52 Å². The minimum Gasteiger partial charge on any atom is -0.336 e. The minimum atomic E-state index is 0.00866. The van der Waals surface area contributed by atoms with Crippen LogP contribution in [0, 0.1) is 6.92 Å². The maximum absolute atomic E-state index is 12.8. The van der Waals surface area contributed by atoms with Crippen LogP contribution in [0.1, 0.15) is 16.1 Å². The van der Waals surface area contributed by atoms with Crippen molar-refractivity contribution in [3.63, 3.8) is 0 Å². The molecule has 158 valence electrons. The van der Waals surface area contributed by atoms with Gasteiger partial charge in [-0.25, -0.2) is 4.52 Å². The third-order valence-electron chi connectivity index (χ3n) is 5.27. The molecule has 9 nitrogen and oxygen atoms in total. The summed E-state index contributed by atoms with van der Waals surface area (Å²) in [6, 6.07) is 12.8. The summed E-state index contributed by atoms with van der Waals surface area (Å²) >= 11 is 5.93. The molecule has 1 aromatic carbocycles. The van der Waals surface area contributed by atoms with Gasteiger partial charge in [-0.3, -0.25) is 9.89 Å². The number of aryl methyl sites for hydroxylation is 1. The van der Waals surface area contributed by atoms with E-state index in [9.17, 15) is 4.79 Å². The number of nitrogens with one attached hydrogen (secondary N) is 2. The van der Waals surface area contributed by atoms with Crippen LogP contribution in [0.4, 0.5) is 17.6 Å². The van der Waals surface area contributed by atoms with Crippen molar-refractivity contribution in [2.45, 2.75) is 6.92 Å². The van der Waals surface area contributed by atoms with Crippen molar-refractivity contribution < 1.29 is 4.79 Å². The lowest BCUT2D eigenvalue weighted by atomic mass is 10.2. The van der Waals surface area contributed by atoms with E-state index in [2.05, 4.69) is 25.5 Å². The third-order valence-corrected chi connectivity index (χ3v) is 5.53. The number of benzene rings is 1. The van der Waals surface area contributed by atoms with Gasteiger partial charge < -0.3 is 15.1 Å². The lowest BCUT2D eigenvalue weighted by Gasteiger charge is -2.34. The molecule has 31 heavy (non-hydrogen) atoms. The van der Waals surface area contributed by atoms with Crippen LogP contribution in [0.2, 0.25) is 5.02 Å². The van der Waals surface area contributed by atoms with Crippen LogP contribution in [0.3, 0.4) is 0 Å². The van der Waals surface area contributed by atoms with Gasteiger partial charge in [0.2, 0.25) is 5.95 Å². The molecule has 4 heterocycles. The molecular formula is C21H21ClN8O. The van der Waals surface area contributed by atoms with Gasteiger partial charge in [0, 0.05) is 54.7 Å². The first-order valence-corrected chi connectivity index (χ1v) is 10.4. The van der Waals surface area contributed by atoms with Crippen LogP contribution in [0.5, 0.6) is 0 Å². The summed E-state index contributed by atoms with van der Waals surface area (Å²) in [5, 5.41) is 15.7. The Bertz CT molecular complexity index is 1220. The number of carbonyl (C=O) groups is 1. The normalized spacial score (nSPS) is 14.3. The fourth-order valence-corrected chi connectivity index (χ4v) is 3.76. The van der Waals surface area contributed by atoms with Crippen molar-refractivity contribution in [2.24, 2.45) is 0 Å². The van der Waals surface area contributed by atoms with Crippen LogP contribution in [0.25, 0.3) is 5.52 Å². The number of rotatable bonds is 4. The lowest BCUT2D eigenvalue weighted by molar-refractivity contribution is 0.0746. The second-order valence-electron chi connectivity index (χ2n) is 7.45. The van der Waals surface area contributed by atoms with Crippen LogP contribution < -0.4 is 10.2 Å². The highest BCUT2D eigenvalue weighted by atomic mass is 35.5. The van der Waals surface area contributed by atoms with Gasteiger partial charge in [-0.05, 0) is 43.3 Å². The quantitative estimate of drug-likeness (QED) is 0.510. The number of fused-ring (bicyclic) bond motifs is 1. The average Bonchev–Trinajstić information content (AvgIpc) is 3.42. The Labute approximate surface area is 183 Å². The molecule has 1 saturated heterocycles. The van der Waals surface area contributed by atoms with Gasteiger partial charge in [0.25, 0.3) is 5.91 Å². The number of aromatic amines is 1. The number of hydrogen-bond acceptors (Lipinski definition) is 6. The zero-order valence-electron chi connectivity index (χ0n) is 16.9. The Morgan fingerprint density at radius 2 is 1.90 bits per heavy atom. The van der Waals surface area contributed by atoms with Crippen LogP contribution in [0.15, 0.2) is 48.7 Å². The molecule has 1 aliphatic rings. The van der Waals surface area contributed by atoms with E-state index in [4.69, 9.17) is 16.6 Å². The van der Waals surface area contributed by atoms with Gasteiger partial charge in [-0.2, -0.15) is 10.1 Å². The standard InChI is InChI=1S/C21H21ClN8O/c1-14-13-18(26-25-14)23-19-17-3-2-8-30(17)27-21(24-19)29-11-9-28(10-12-29)20(31)15-4-6-16(22)7-5-15/h2-8,13H,9-12H2,1H3,(H2,23,24,25,26,27). The summed E-state index contributed by atoms with van der Waals surface area (Å²) in [6.07, 6.45) is 1.89. The third kappa shape index (κ3) is 3.91. The molecule has 1 fully saturated rings. The van der Waals surface area contributed by atoms with Crippen LogP contribution in [-0.2, 0) is 0 Å². The number of amides is 1. The average molecular weight is 437 g/mol. The zero-order chi connectivity index (χ0) is 21.4. The van der Waals surface area contributed by atoms with E-state index >= 15 is 0 Å².